The highest BCUT2D eigenvalue weighted by Crippen LogP contribution is 2.52. The van der Waals surface area contributed by atoms with Gasteiger partial charge in [0.1, 0.15) is 12.4 Å². The minimum Gasteiger partial charge on any atom is -0.489 e. The van der Waals surface area contributed by atoms with Crippen LogP contribution in [-0.2, 0) is 9.59 Å². The van der Waals surface area contributed by atoms with E-state index < -0.39 is 0 Å². The van der Waals surface area contributed by atoms with Crippen LogP contribution in [0.15, 0.2) is 54.2 Å². The second-order valence-corrected chi connectivity index (χ2v) is 6.37. The molecule has 0 spiro atoms. The number of hydrogen-bond acceptors (Lipinski definition) is 4. The Morgan fingerprint density at radius 2 is 1.83 bits per heavy atom. The molecule has 2 fully saturated rings. The van der Waals surface area contributed by atoms with E-state index in [4.69, 9.17) is 4.74 Å². The first-order chi connectivity index (χ1) is 11.7. The van der Waals surface area contributed by atoms with Crippen molar-refractivity contribution in [1.82, 2.24) is 5.01 Å². The van der Waals surface area contributed by atoms with Crippen LogP contribution >= 0.6 is 0 Å². The second-order valence-electron chi connectivity index (χ2n) is 6.37. The van der Waals surface area contributed by atoms with Gasteiger partial charge >= 0.3 is 0 Å². The van der Waals surface area contributed by atoms with E-state index in [0.717, 1.165) is 17.0 Å². The van der Waals surface area contributed by atoms with Gasteiger partial charge in [-0.3, -0.25) is 9.59 Å². The number of hydrazone groups is 1. The first kappa shape index (κ1) is 14.9. The monoisotopic (exact) mass is 322 g/mol. The van der Waals surface area contributed by atoms with Gasteiger partial charge in [0.15, 0.2) is 0 Å². The van der Waals surface area contributed by atoms with Crippen molar-refractivity contribution in [2.24, 2.45) is 28.8 Å². The summed E-state index contributed by atoms with van der Waals surface area (Å²) >= 11 is 0. The molecule has 2 amide bonds. The Morgan fingerprint density at radius 1 is 1.17 bits per heavy atom. The van der Waals surface area contributed by atoms with E-state index >= 15 is 0 Å². The third-order valence-corrected chi connectivity index (χ3v) is 5.04. The van der Waals surface area contributed by atoms with Crippen molar-refractivity contribution >= 4 is 18.0 Å². The number of fused-ring (bicyclic) bond motifs is 5. The third kappa shape index (κ3) is 2.19. The number of para-hydroxylation sites is 1. The average Bonchev–Trinajstić information content (AvgIpc) is 3.27. The fourth-order valence-corrected chi connectivity index (χ4v) is 3.99. The predicted octanol–water partition coefficient (Wildman–Crippen LogP) is 2.39. The standard InChI is InChI=1S/C19H18N2O3/c1-2-9-24-15-6-4-3-5-14(15)11-20-21-18(22)16-12-7-8-13(10-12)17(16)19(21)23/h2-8,11-13,16-17H,1,9-10H2/t12-,13-,16-,17+/m0/s1. The normalized spacial score (nSPS) is 30.4. The van der Waals surface area contributed by atoms with Crippen molar-refractivity contribution < 1.29 is 14.3 Å². The van der Waals surface area contributed by atoms with Crippen LogP contribution < -0.4 is 4.74 Å². The minimum absolute atomic E-state index is 0.178. The molecule has 0 N–H and O–H groups in total. The van der Waals surface area contributed by atoms with Gasteiger partial charge in [0.2, 0.25) is 0 Å². The van der Waals surface area contributed by atoms with Crippen LogP contribution in [0.1, 0.15) is 12.0 Å². The maximum Gasteiger partial charge on any atom is 0.254 e. The highest BCUT2D eigenvalue weighted by Gasteiger charge is 2.59. The van der Waals surface area contributed by atoms with E-state index in [1.54, 1.807) is 6.08 Å². The summed E-state index contributed by atoms with van der Waals surface area (Å²) in [4.78, 5) is 25.2. The lowest BCUT2D eigenvalue weighted by atomic mass is 9.85. The van der Waals surface area contributed by atoms with Gasteiger partial charge in [-0.25, -0.2) is 0 Å². The zero-order chi connectivity index (χ0) is 16.7. The van der Waals surface area contributed by atoms with Gasteiger partial charge in [-0.2, -0.15) is 10.1 Å². The number of allylic oxidation sites excluding steroid dienone is 2. The van der Waals surface area contributed by atoms with Crippen molar-refractivity contribution in [2.45, 2.75) is 6.42 Å². The number of benzene rings is 1. The minimum atomic E-state index is -0.225. The van der Waals surface area contributed by atoms with Crippen LogP contribution in [0, 0.1) is 23.7 Å². The highest BCUT2D eigenvalue weighted by atomic mass is 16.5. The van der Waals surface area contributed by atoms with E-state index in [9.17, 15) is 9.59 Å². The molecule has 1 aliphatic heterocycles. The number of rotatable bonds is 5. The van der Waals surface area contributed by atoms with E-state index in [0.29, 0.717) is 12.4 Å². The number of hydrogen-bond donors (Lipinski definition) is 0. The Morgan fingerprint density at radius 3 is 2.50 bits per heavy atom. The molecule has 4 rings (SSSR count). The van der Waals surface area contributed by atoms with Gasteiger partial charge in [-0.1, -0.05) is 36.9 Å². The molecule has 0 unspecified atom stereocenters. The van der Waals surface area contributed by atoms with Crippen molar-refractivity contribution in [2.75, 3.05) is 6.61 Å². The van der Waals surface area contributed by atoms with Gasteiger partial charge in [0.25, 0.3) is 11.8 Å². The molecular formula is C19H18N2O3. The quantitative estimate of drug-likeness (QED) is 0.475. The first-order valence-corrected chi connectivity index (χ1v) is 8.13. The highest BCUT2D eigenvalue weighted by molar-refractivity contribution is 6.06. The zero-order valence-electron chi connectivity index (χ0n) is 13.2. The van der Waals surface area contributed by atoms with E-state index in [-0.39, 0.29) is 35.5 Å². The smallest absolute Gasteiger partial charge is 0.254 e. The SMILES string of the molecule is C=CCOc1ccccc1C=NN1C(=O)[C@@H]2[C@H](C1=O)[C@H]1C=C[C@H]2C1. The predicted molar refractivity (Wildman–Crippen MR) is 89.3 cm³/mol. The zero-order valence-corrected chi connectivity index (χ0v) is 13.2. The van der Waals surface area contributed by atoms with Crippen LogP contribution in [0.3, 0.4) is 0 Å². The lowest BCUT2D eigenvalue weighted by Gasteiger charge is -2.13. The van der Waals surface area contributed by atoms with Gasteiger partial charge in [-0.05, 0) is 30.4 Å². The van der Waals surface area contributed by atoms with Gasteiger partial charge in [-0.15, -0.1) is 0 Å². The maximum atomic E-state index is 12.6. The largest absolute Gasteiger partial charge is 0.489 e. The average molecular weight is 322 g/mol. The van der Waals surface area contributed by atoms with Gasteiger partial charge < -0.3 is 4.74 Å². The first-order valence-electron chi connectivity index (χ1n) is 8.13. The Bertz CT molecular complexity index is 738. The molecule has 1 saturated carbocycles. The van der Waals surface area contributed by atoms with Crippen LogP contribution in [0.4, 0.5) is 0 Å². The molecule has 1 saturated heterocycles. The number of imide groups is 1. The number of carbonyl (C=O) groups is 2. The number of amides is 2. The van der Waals surface area contributed by atoms with Crippen molar-refractivity contribution in [1.29, 1.82) is 0 Å². The van der Waals surface area contributed by atoms with Crippen LogP contribution in [0.2, 0.25) is 0 Å². The molecule has 1 aromatic carbocycles. The Kier molecular flexibility index (Phi) is 3.56. The Hall–Kier alpha value is -2.69. The summed E-state index contributed by atoms with van der Waals surface area (Å²) in [5, 5.41) is 5.23. The molecule has 122 valence electrons. The molecule has 0 radical (unpaired) electrons. The summed E-state index contributed by atoms with van der Waals surface area (Å²) in [5.74, 6) is 0.223. The summed E-state index contributed by atoms with van der Waals surface area (Å²) in [6.45, 7) is 4.01. The molecule has 1 aromatic rings. The Labute approximate surface area is 140 Å². The molecule has 4 atom stereocenters. The van der Waals surface area contributed by atoms with Gasteiger partial charge in [0.05, 0.1) is 18.1 Å². The molecule has 5 heteroatoms. The van der Waals surface area contributed by atoms with Crippen molar-refractivity contribution in [3.63, 3.8) is 0 Å². The summed E-state index contributed by atoms with van der Waals surface area (Å²) in [6, 6.07) is 7.36. The summed E-state index contributed by atoms with van der Waals surface area (Å²) in [7, 11) is 0. The molecule has 5 nitrogen and oxygen atoms in total. The number of nitrogens with zero attached hydrogens (tertiary/aromatic N) is 2. The second kappa shape index (κ2) is 5.74. The molecule has 2 aliphatic carbocycles. The number of carbonyl (C=O) groups excluding carboxylic acids is 2. The number of ether oxygens (including phenoxy) is 1. The maximum absolute atomic E-state index is 12.6. The fraction of sp³-hybridized carbons (Fsp3) is 0.316. The van der Waals surface area contributed by atoms with E-state index in [2.05, 4.69) is 23.8 Å². The van der Waals surface area contributed by atoms with E-state index in [1.807, 2.05) is 24.3 Å². The van der Waals surface area contributed by atoms with Crippen LogP contribution in [0.25, 0.3) is 0 Å². The van der Waals surface area contributed by atoms with Crippen LogP contribution in [-0.4, -0.2) is 29.6 Å². The summed E-state index contributed by atoms with van der Waals surface area (Å²) in [5.41, 5.74) is 0.720. The molecule has 2 bridgehead atoms. The lowest BCUT2D eigenvalue weighted by molar-refractivity contribution is -0.140. The van der Waals surface area contributed by atoms with E-state index in [1.165, 1.54) is 6.21 Å². The van der Waals surface area contributed by atoms with Crippen molar-refractivity contribution in [3.05, 3.63) is 54.6 Å². The lowest BCUT2D eigenvalue weighted by Crippen LogP contribution is -2.28. The van der Waals surface area contributed by atoms with Crippen LogP contribution in [0.5, 0.6) is 5.75 Å². The molecular weight excluding hydrogens is 304 g/mol. The molecule has 1 heterocycles. The third-order valence-electron chi connectivity index (χ3n) is 5.04. The molecule has 24 heavy (non-hydrogen) atoms. The molecule has 0 aromatic heterocycles. The fourth-order valence-electron chi connectivity index (χ4n) is 3.99. The van der Waals surface area contributed by atoms with Gasteiger partial charge in [0, 0.05) is 5.56 Å². The topological polar surface area (TPSA) is 59.0 Å². The summed E-state index contributed by atoms with van der Waals surface area (Å²) in [6.07, 6.45) is 8.24. The summed E-state index contributed by atoms with van der Waals surface area (Å²) < 4.78 is 5.57. The molecule has 3 aliphatic rings. The van der Waals surface area contributed by atoms with Crippen molar-refractivity contribution in [3.8, 4) is 5.75 Å². The Balaban J connectivity index is 1.56.